The molecule has 124 valence electrons. The molecule has 2 atom stereocenters. The molecule has 0 spiro atoms. The molecule has 0 saturated heterocycles. The zero-order valence-corrected chi connectivity index (χ0v) is 13.5. The number of nitrogens with zero attached hydrogens (tertiary/aromatic N) is 1. The minimum atomic E-state index is -0.722. The molecule has 0 aromatic heterocycles. The van der Waals surface area contributed by atoms with Gasteiger partial charge in [0.25, 0.3) is 0 Å². The van der Waals surface area contributed by atoms with Gasteiger partial charge in [-0.1, -0.05) is 19.9 Å². The molecule has 6 heteroatoms. The molecule has 5 nitrogen and oxygen atoms in total. The number of hydrogen-bond donors (Lipinski definition) is 3. The summed E-state index contributed by atoms with van der Waals surface area (Å²) >= 11 is 0. The second kappa shape index (κ2) is 8.10. The number of carbonyl (C=O) groups excluding carboxylic acids is 1. The molecule has 0 bridgehead atoms. The maximum atomic E-state index is 13.9. The third-order valence-corrected chi connectivity index (χ3v) is 3.39. The van der Waals surface area contributed by atoms with E-state index in [4.69, 9.17) is 0 Å². The summed E-state index contributed by atoms with van der Waals surface area (Å²) in [6.45, 7) is 6.88. The van der Waals surface area contributed by atoms with E-state index in [1.807, 2.05) is 13.8 Å². The van der Waals surface area contributed by atoms with E-state index in [1.54, 1.807) is 26.0 Å². The van der Waals surface area contributed by atoms with Crippen LogP contribution in [0.4, 0.5) is 14.9 Å². The van der Waals surface area contributed by atoms with Crippen molar-refractivity contribution >= 4 is 11.7 Å². The number of anilines is 1. The summed E-state index contributed by atoms with van der Waals surface area (Å²) in [4.78, 5) is 13.6. The highest BCUT2D eigenvalue weighted by Gasteiger charge is 2.21. The Morgan fingerprint density at radius 2 is 1.95 bits per heavy atom. The largest absolute Gasteiger partial charge is 0.394 e. The normalized spacial score (nSPS) is 13.8. The summed E-state index contributed by atoms with van der Waals surface area (Å²) in [7, 11) is 0. The summed E-state index contributed by atoms with van der Waals surface area (Å²) in [6.07, 6.45) is -0.722. The van der Waals surface area contributed by atoms with Crippen LogP contribution in [-0.4, -0.2) is 46.4 Å². The molecule has 22 heavy (non-hydrogen) atoms. The van der Waals surface area contributed by atoms with Crippen LogP contribution in [0.25, 0.3) is 0 Å². The Kier molecular flexibility index (Phi) is 6.77. The lowest BCUT2D eigenvalue weighted by Gasteiger charge is -2.29. The van der Waals surface area contributed by atoms with Gasteiger partial charge in [-0.25, -0.2) is 9.18 Å². The van der Waals surface area contributed by atoms with Gasteiger partial charge >= 0.3 is 6.03 Å². The average molecular weight is 312 g/mol. The molecule has 0 saturated carbocycles. The number of amides is 2. The maximum absolute atomic E-state index is 13.9. The van der Waals surface area contributed by atoms with Gasteiger partial charge in [0.15, 0.2) is 0 Å². The Morgan fingerprint density at radius 3 is 2.41 bits per heavy atom. The van der Waals surface area contributed by atoms with E-state index in [2.05, 4.69) is 5.32 Å². The van der Waals surface area contributed by atoms with Crippen molar-refractivity contribution in [3.63, 3.8) is 0 Å². The van der Waals surface area contributed by atoms with Crippen molar-refractivity contribution in [2.75, 3.05) is 18.5 Å². The van der Waals surface area contributed by atoms with Gasteiger partial charge in [0.05, 0.1) is 18.8 Å². The number of hydrogen-bond acceptors (Lipinski definition) is 3. The quantitative estimate of drug-likeness (QED) is 0.756. The van der Waals surface area contributed by atoms with Gasteiger partial charge in [-0.15, -0.1) is 0 Å². The minimum Gasteiger partial charge on any atom is -0.394 e. The molecule has 1 rings (SSSR count). The molecular formula is C16H25FN2O3. The highest BCUT2D eigenvalue weighted by atomic mass is 19.1. The van der Waals surface area contributed by atoms with Crippen molar-refractivity contribution in [1.82, 2.24) is 4.90 Å². The molecule has 2 unspecified atom stereocenters. The van der Waals surface area contributed by atoms with Crippen molar-refractivity contribution < 1.29 is 19.4 Å². The van der Waals surface area contributed by atoms with Crippen molar-refractivity contribution in [2.24, 2.45) is 0 Å². The molecule has 0 radical (unpaired) electrons. The van der Waals surface area contributed by atoms with Gasteiger partial charge in [0, 0.05) is 12.2 Å². The first-order valence-corrected chi connectivity index (χ1v) is 7.42. The molecule has 0 fully saturated rings. The lowest BCUT2D eigenvalue weighted by Crippen LogP contribution is -2.46. The average Bonchev–Trinajstić information content (AvgIpc) is 2.43. The highest BCUT2D eigenvalue weighted by molar-refractivity contribution is 5.89. The number of nitrogens with one attached hydrogen (secondary N) is 1. The molecule has 0 aliphatic heterocycles. The molecule has 0 aliphatic carbocycles. The fourth-order valence-corrected chi connectivity index (χ4v) is 2.11. The third-order valence-electron chi connectivity index (χ3n) is 3.39. The summed E-state index contributed by atoms with van der Waals surface area (Å²) in [6, 6.07) is 3.62. The number of benzene rings is 1. The van der Waals surface area contributed by atoms with Crippen molar-refractivity contribution in [1.29, 1.82) is 0 Å². The van der Waals surface area contributed by atoms with Gasteiger partial charge in [-0.2, -0.15) is 0 Å². The number of carbonyl (C=O) groups is 1. The summed E-state index contributed by atoms with van der Waals surface area (Å²) in [5.41, 5.74) is 0.926. The van der Waals surface area contributed by atoms with Crippen molar-refractivity contribution in [3.05, 3.63) is 29.6 Å². The van der Waals surface area contributed by atoms with Gasteiger partial charge in [-0.05, 0) is 37.5 Å². The zero-order valence-electron chi connectivity index (χ0n) is 13.5. The van der Waals surface area contributed by atoms with Crippen LogP contribution >= 0.6 is 0 Å². The molecule has 1 aromatic carbocycles. The summed E-state index contributed by atoms with van der Waals surface area (Å²) in [5, 5.41) is 21.3. The van der Waals surface area contributed by atoms with E-state index < -0.39 is 18.2 Å². The van der Waals surface area contributed by atoms with Gasteiger partial charge < -0.3 is 20.4 Å². The highest BCUT2D eigenvalue weighted by Crippen LogP contribution is 2.22. The van der Waals surface area contributed by atoms with Crippen LogP contribution < -0.4 is 5.32 Å². The first-order chi connectivity index (χ1) is 10.3. The predicted octanol–water partition coefficient (Wildman–Crippen LogP) is 2.54. The Bertz CT molecular complexity index is 506. The van der Waals surface area contributed by atoms with E-state index in [0.717, 1.165) is 0 Å². The van der Waals surface area contributed by atoms with Crippen molar-refractivity contribution in [3.8, 4) is 0 Å². The fraction of sp³-hybridized carbons (Fsp3) is 0.562. The Hall–Kier alpha value is -1.66. The van der Waals surface area contributed by atoms with E-state index in [0.29, 0.717) is 11.3 Å². The lowest BCUT2D eigenvalue weighted by molar-refractivity contribution is 0.0994. The number of halogens is 1. The van der Waals surface area contributed by atoms with Gasteiger partial charge in [0.2, 0.25) is 0 Å². The summed E-state index contributed by atoms with van der Waals surface area (Å²) in [5.74, 6) is -0.309. The second-order valence-electron chi connectivity index (χ2n) is 5.85. The van der Waals surface area contributed by atoms with E-state index in [1.165, 1.54) is 11.0 Å². The smallest absolute Gasteiger partial charge is 0.322 e. The monoisotopic (exact) mass is 312 g/mol. The molecule has 1 aromatic rings. The number of aliphatic hydroxyl groups is 2. The molecule has 0 heterocycles. The van der Waals surface area contributed by atoms with Crippen LogP contribution in [-0.2, 0) is 0 Å². The molecule has 3 N–H and O–H groups in total. The second-order valence-corrected chi connectivity index (χ2v) is 5.85. The van der Waals surface area contributed by atoms with E-state index in [-0.39, 0.29) is 24.9 Å². The van der Waals surface area contributed by atoms with Crippen LogP contribution in [0.1, 0.15) is 39.2 Å². The standard InChI is InChI=1S/C16H25FN2O3/c1-10(2)14-6-5-13(7-15(14)17)18-16(22)19(8-12(4)21)11(3)9-20/h5-7,10-12,20-21H,8-9H2,1-4H3,(H,18,22). The van der Waals surface area contributed by atoms with Crippen LogP contribution in [0.15, 0.2) is 18.2 Å². The maximum Gasteiger partial charge on any atom is 0.322 e. The molecule has 0 aliphatic rings. The Morgan fingerprint density at radius 1 is 1.32 bits per heavy atom. The summed E-state index contributed by atoms with van der Waals surface area (Å²) < 4.78 is 13.9. The third kappa shape index (κ3) is 4.96. The van der Waals surface area contributed by atoms with E-state index in [9.17, 15) is 19.4 Å². The fourth-order valence-electron chi connectivity index (χ4n) is 2.11. The SMILES string of the molecule is CC(O)CN(C(=O)Nc1ccc(C(C)C)c(F)c1)C(C)CO. The topological polar surface area (TPSA) is 72.8 Å². The molecule has 2 amide bonds. The first-order valence-electron chi connectivity index (χ1n) is 7.42. The van der Waals surface area contributed by atoms with Crippen LogP contribution in [0, 0.1) is 5.82 Å². The molecular weight excluding hydrogens is 287 g/mol. The number of urea groups is 1. The van der Waals surface area contributed by atoms with E-state index >= 15 is 0 Å². The number of aliphatic hydroxyl groups excluding tert-OH is 2. The minimum absolute atomic E-state index is 0.0610. The zero-order chi connectivity index (χ0) is 16.9. The lowest BCUT2D eigenvalue weighted by atomic mass is 10.0. The first kappa shape index (κ1) is 18.4. The number of rotatable bonds is 6. The van der Waals surface area contributed by atoms with Crippen LogP contribution in [0.5, 0.6) is 0 Å². The van der Waals surface area contributed by atoms with Gasteiger partial charge in [0.1, 0.15) is 5.82 Å². The van der Waals surface area contributed by atoms with Crippen LogP contribution in [0.2, 0.25) is 0 Å². The Labute approximate surface area is 130 Å². The Balaban J connectivity index is 2.87. The predicted molar refractivity (Wildman–Crippen MR) is 84.4 cm³/mol. The van der Waals surface area contributed by atoms with Crippen LogP contribution in [0.3, 0.4) is 0 Å². The van der Waals surface area contributed by atoms with Gasteiger partial charge in [-0.3, -0.25) is 0 Å². The van der Waals surface area contributed by atoms with Crippen molar-refractivity contribution in [2.45, 2.75) is 45.8 Å².